The molecular weight excluding hydrogens is 232 g/mol. The smallest absolute Gasteiger partial charge is 0.273 e. The summed E-state index contributed by atoms with van der Waals surface area (Å²) in [5.74, 6) is 0.247. The van der Waals surface area contributed by atoms with E-state index in [1.165, 1.54) is 0 Å². The van der Waals surface area contributed by atoms with E-state index in [4.69, 9.17) is 9.84 Å². The predicted octanol–water partition coefficient (Wildman–Crippen LogP) is 1.37. The fourth-order valence-electron chi connectivity index (χ4n) is 1.59. The second-order valence-electron chi connectivity index (χ2n) is 4.02. The summed E-state index contributed by atoms with van der Waals surface area (Å²) in [6.07, 6.45) is 2.97. The van der Waals surface area contributed by atoms with Gasteiger partial charge in [-0.2, -0.15) is 0 Å². The molecule has 5 heteroatoms. The van der Waals surface area contributed by atoms with Gasteiger partial charge in [-0.1, -0.05) is 0 Å². The largest absolute Gasteiger partial charge is 0.491 e. The molecule has 0 aliphatic rings. The highest BCUT2D eigenvalue weighted by Crippen LogP contribution is 2.15. The van der Waals surface area contributed by atoms with Gasteiger partial charge in [0.2, 0.25) is 0 Å². The number of nitrogens with zero attached hydrogens (tertiary/aromatic N) is 1. The number of aliphatic hydroxyl groups excluding tert-OH is 1. The molecule has 1 unspecified atom stereocenters. The van der Waals surface area contributed by atoms with E-state index in [0.717, 1.165) is 6.42 Å². The highest BCUT2D eigenvalue weighted by molar-refractivity contribution is 5.95. The van der Waals surface area contributed by atoms with Crippen molar-refractivity contribution in [1.82, 2.24) is 10.3 Å². The van der Waals surface area contributed by atoms with E-state index in [-0.39, 0.29) is 18.6 Å². The zero-order valence-corrected chi connectivity index (χ0v) is 10.8. The van der Waals surface area contributed by atoms with E-state index in [1.54, 1.807) is 18.3 Å². The van der Waals surface area contributed by atoms with Gasteiger partial charge in [0.25, 0.3) is 5.91 Å². The predicted molar refractivity (Wildman–Crippen MR) is 68.7 cm³/mol. The Bertz CT molecular complexity index is 382. The normalized spacial score (nSPS) is 11.9. The van der Waals surface area contributed by atoms with Crippen LogP contribution >= 0.6 is 0 Å². The Morgan fingerprint density at radius 1 is 1.61 bits per heavy atom. The minimum absolute atomic E-state index is 0.00105. The minimum atomic E-state index is -0.246. The van der Waals surface area contributed by atoms with Gasteiger partial charge in [0.05, 0.1) is 6.61 Å². The van der Waals surface area contributed by atoms with E-state index in [9.17, 15) is 4.79 Å². The molecule has 18 heavy (non-hydrogen) atoms. The van der Waals surface area contributed by atoms with Crippen LogP contribution in [0.25, 0.3) is 0 Å². The molecule has 0 aliphatic heterocycles. The second kappa shape index (κ2) is 7.66. The number of ether oxygens (including phenoxy) is 1. The molecule has 1 amide bonds. The molecule has 100 valence electrons. The van der Waals surface area contributed by atoms with Gasteiger partial charge in [-0.15, -0.1) is 0 Å². The van der Waals surface area contributed by atoms with Gasteiger partial charge >= 0.3 is 0 Å². The molecule has 1 aromatic heterocycles. The number of nitrogens with one attached hydrogen (secondary N) is 1. The zero-order chi connectivity index (χ0) is 13.4. The molecule has 1 heterocycles. The lowest BCUT2D eigenvalue weighted by molar-refractivity contribution is 0.0927. The Hall–Kier alpha value is -1.62. The van der Waals surface area contributed by atoms with Crippen molar-refractivity contribution in [3.05, 3.63) is 24.0 Å². The van der Waals surface area contributed by atoms with E-state index >= 15 is 0 Å². The molecule has 2 N–H and O–H groups in total. The Labute approximate surface area is 107 Å². The van der Waals surface area contributed by atoms with E-state index in [2.05, 4.69) is 10.3 Å². The van der Waals surface area contributed by atoms with Gasteiger partial charge in [-0.3, -0.25) is 4.79 Å². The van der Waals surface area contributed by atoms with Gasteiger partial charge in [0.15, 0.2) is 11.4 Å². The molecule has 1 atom stereocenters. The Balaban J connectivity index is 2.65. The Morgan fingerprint density at radius 2 is 2.39 bits per heavy atom. The van der Waals surface area contributed by atoms with Gasteiger partial charge in [0, 0.05) is 18.8 Å². The highest BCUT2D eigenvalue weighted by atomic mass is 16.5. The highest BCUT2D eigenvalue weighted by Gasteiger charge is 2.15. The maximum absolute atomic E-state index is 12.0. The molecule has 0 aromatic carbocycles. The summed E-state index contributed by atoms with van der Waals surface area (Å²) in [5, 5.41) is 11.6. The summed E-state index contributed by atoms with van der Waals surface area (Å²) >= 11 is 0. The first-order valence-electron chi connectivity index (χ1n) is 6.18. The number of carbonyl (C=O) groups is 1. The molecule has 5 nitrogen and oxygen atoms in total. The van der Waals surface area contributed by atoms with Crippen molar-refractivity contribution in [2.24, 2.45) is 0 Å². The number of hydrogen-bond donors (Lipinski definition) is 2. The van der Waals surface area contributed by atoms with Crippen LogP contribution in [0.1, 0.15) is 37.2 Å². The molecule has 1 rings (SSSR count). The lowest BCUT2D eigenvalue weighted by atomic mass is 10.2. The maximum Gasteiger partial charge on any atom is 0.273 e. The molecule has 0 saturated heterocycles. The van der Waals surface area contributed by atoms with E-state index in [1.807, 2.05) is 13.8 Å². The SMILES string of the molecule is CCOc1cccnc1C(=O)NC(C)CCCO. The van der Waals surface area contributed by atoms with Crippen molar-refractivity contribution in [1.29, 1.82) is 0 Å². The molecular formula is C13H20N2O3. The summed E-state index contributed by atoms with van der Waals surface area (Å²) in [6, 6.07) is 3.46. The van der Waals surface area contributed by atoms with Crippen molar-refractivity contribution in [3.8, 4) is 5.75 Å². The first kappa shape index (κ1) is 14.4. The van der Waals surface area contributed by atoms with Crippen LogP contribution in [0.3, 0.4) is 0 Å². The number of amides is 1. The fourth-order valence-corrected chi connectivity index (χ4v) is 1.59. The number of hydrogen-bond acceptors (Lipinski definition) is 4. The molecule has 0 spiro atoms. The average Bonchev–Trinajstić information content (AvgIpc) is 2.37. The summed E-state index contributed by atoms with van der Waals surface area (Å²) in [7, 11) is 0. The minimum Gasteiger partial charge on any atom is -0.491 e. The van der Waals surface area contributed by atoms with Crippen LogP contribution in [0.2, 0.25) is 0 Å². The van der Waals surface area contributed by atoms with Gasteiger partial charge in [-0.05, 0) is 38.8 Å². The van der Waals surface area contributed by atoms with Crippen LogP contribution in [0.4, 0.5) is 0 Å². The molecule has 1 aromatic rings. The third-order valence-electron chi connectivity index (χ3n) is 2.46. The van der Waals surface area contributed by atoms with Gasteiger partial charge in [-0.25, -0.2) is 4.98 Å². The van der Waals surface area contributed by atoms with E-state index in [0.29, 0.717) is 24.5 Å². The van der Waals surface area contributed by atoms with Crippen molar-refractivity contribution < 1.29 is 14.6 Å². The second-order valence-corrected chi connectivity index (χ2v) is 4.02. The van der Waals surface area contributed by atoms with Crippen LogP contribution in [0, 0.1) is 0 Å². The van der Waals surface area contributed by atoms with Crippen LogP contribution in [-0.2, 0) is 0 Å². The summed E-state index contributed by atoms with van der Waals surface area (Å²) in [5.41, 5.74) is 0.301. The summed E-state index contributed by atoms with van der Waals surface area (Å²) < 4.78 is 5.36. The molecule has 0 fully saturated rings. The quantitative estimate of drug-likeness (QED) is 0.769. The third-order valence-corrected chi connectivity index (χ3v) is 2.46. The monoisotopic (exact) mass is 252 g/mol. The van der Waals surface area contributed by atoms with Crippen LogP contribution < -0.4 is 10.1 Å². The third kappa shape index (κ3) is 4.33. The molecule has 0 radical (unpaired) electrons. The first-order valence-corrected chi connectivity index (χ1v) is 6.18. The lowest BCUT2D eigenvalue weighted by Crippen LogP contribution is -2.33. The topological polar surface area (TPSA) is 71.5 Å². The van der Waals surface area contributed by atoms with Gasteiger partial charge < -0.3 is 15.2 Å². The van der Waals surface area contributed by atoms with Crippen LogP contribution in [0.15, 0.2) is 18.3 Å². The number of pyridine rings is 1. The fraction of sp³-hybridized carbons (Fsp3) is 0.538. The van der Waals surface area contributed by atoms with Crippen LogP contribution in [0.5, 0.6) is 5.75 Å². The van der Waals surface area contributed by atoms with E-state index < -0.39 is 0 Å². The van der Waals surface area contributed by atoms with Crippen molar-refractivity contribution in [2.45, 2.75) is 32.7 Å². The zero-order valence-electron chi connectivity index (χ0n) is 10.8. The summed E-state index contributed by atoms with van der Waals surface area (Å²) in [4.78, 5) is 16.0. The first-order chi connectivity index (χ1) is 8.69. The number of rotatable bonds is 7. The van der Waals surface area contributed by atoms with Crippen LogP contribution in [-0.4, -0.2) is 35.3 Å². The lowest BCUT2D eigenvalue weighted by Gasteiger charge is -2.14. The summed E-state index contributed by atoms with van der Waals surface area (Å²) in [6.45, 7) is 4.38. The van der Waals surface area contributed by atoms with Crippen molar-refractivity contribution >= 4 is 5.91 Å². The Morgan fingerprint density at radius 3 is 3.06 bits per heavy atom. The van der Waals surface area contributed by atoms with Gasteiger partial charge in [0.1, 0.15) is 0 Å². The van der Waals surface area contributed by atoms with Crippen molar-refractivity contribution in [2.75, 3.05) is 13.2 Å². The Kier molecular flexibility index (Phi) is 6.14. The maximum atomic E-state index is 12.0. The molecule has 0 bridgehead atoms. The molecule has 0 aliphatic carbocycles. The van der Waals surface area contributed by atoms with Crippen molar-refractivity contribution in [3.63, 3.8) is 0 Å². The standard InChI is InChI=1S/C13H20N2O3/c1-3-18-11-7-4-8-14-12(11)13(17)15-10(2)6-5-9-16/h4,7-8,10,16H,3,5-6,9H2,1-2H3,(H,15,17). The average molecular weight is 252 g/mol. The number of carbonyl (C=O) groups excluding carboxylic acids is 1. The molecule has 0 saturated carbocycles. The number of aromatic nitrogens is 1. The number of aliphatic hydroxyl groups is 1.